The molecule has 49 heavy (non-hydrogen) atoms. The van der Waals surface area contributed by atoms with Crippen LogP contribution in [0.25, 0.3) is 32.8 Å². The molecule has 10 nitrogen and oxygen atoms in total. The maximum absolute atomic E-state index is 13.6. The van der Waals surface area contributed by atoms with Crippen LogP contribution in [-0.2, 0) is 4.79 Å². The zero-order chi connectivity index (χ0) is 34.5. The van der Waals surface area contributed by atoms with Crippen LogP contribution in [-0.4, -0.2) is 42.8 Å². The summed E-state index contributed by atoms with van der Waals surface area (Å²) in [5, 5.41) is 7.57. The Bertz CT molecular complexity index is 2260. The van der Waals surface area contributed by atoms with Gasteiger partial charge >= 0.3 is 11.9 Å². The Labute approximate surface area is 286 Å². The molecule has 0 saturated carbocycles. The number of hydrogen-bond acceptors (Lipinski definition) is 8. The van der Waals surface area contributed by atoms with Crippen LogP contribution in [0.4, 0.5) is 0 Å². The first kappa shape index (κ1) is 32.8. The molecule has 0 spiro atoms. The number of nitrogens with zero attached hydrogens (tertiary/aromatic N) is 1. The summed E-state index contributed by atoms with van der Waals surface area (Å²) in [5.41, 5.74) is 5.87. The van der Waals surface area contributed by atoms with Gasteiger partial charge < -0.3 is 23.9 Å². The molecular weight excluding hydrogens is 646 g/mol. The number of benzene rings is 5. The summed E-state index contributed by atoms with van der Waals surface area (Å²) >= 11 is 6.61. The lowest BCUT2D eigenvalue weighted by atomic mass is 9.99. The zero-order valence-electron chi connectivity index (χ0n) is 26.7. The lowest BCUT2D eigenvalue weighted by molar-refractivity contribution is -0.132. The van der Waals surface area contributed by atoms with E-state index in [4.69, 9.17) is 30.5 Å². The van der Waals surface area contributed by atoms with Gasteiger partial charge in [0.1, 0.15) is 5.69 Å². The second-order valence-electron chi connectivity index (χ2n) is 10.8. The van der Waals surface area contributed by atoms with Crippen molar-refractivity contribution in [1.29, 1.82) is 0 Å². The van der Waals surface area contributed by atoms with Crippen LogP contribution >= 0.6 is 11.6 Å². The third-order valence-electron chi connectivity index (χ3n) is 7.57. The van der Waals surface area contributed by atoms with Crippen molar-refractivity contribution in [3.05, 3.63) is 119 Å². The SMILES string of the molecule is CCOc1cc(C=NNC(=O)c2[nH]c3c(ccc4ccccc43)c2-c2ccccc2Cl)ccc1OC(=O)c1ccc(OC(C)=O)c(OC)c1. The second-order valence-corrected chi connectivity index (χ2v) is 11.2. The van der Waals surface area contributed by atoms with Gasteiger partial charge in [-0.1, -0.05) is 66.2 Å². The summed E-state index contributed by atoms with van der Waals surface area (Å²) in [6, 6.07) is 28.5. The first-order chi connectivity index (χ1) is 23.8. The molecular formula is C38H30ClN3O7. The van der Waals surface area contributed by atoms with Crippen molar-refractivity contribution in [2.45, 2.75) is 13.8 Å². The summed E-state index contributed by atoms with van der Waals surface area (Å²) in [5.74, 6) is -0.825. The molecule has 0 saturated heterocycles. The molecule has 0 unspecified atom stereocenters. The van der Waals surface area contributed by atoms with E-state index in [2.05, 4.69) is 15.5 Å². The molecule has 5 aromatic carbocycles. The number of amides is 1. The average molecular weight is 676 g/mol. The van der Waals surface area contributed by atoms with Crippen LogP contribution in [0, 0.1) is 0 Å². The summed E-state index contributed by atoms with van der Waals surface area (Å²) in [6.45, 7) is 3.36. The topological polar surface area (TPSA) is 128 Å². The average Bonchev–Trinajstić information content (AvgIpc) is 3.49. The fraction of sp³-hybridized carbons (Fsp3) is 0.105. The molecule has 0 radical (unpaired) electrons. The lowest BCUT2D eigenvalue weighted by Crippen LogP contribution is -2.19. The van der Waals surface area contributed by atoms with Crippen molar-refractivity contribution in [3.63, 3.8) is 0 Å². The van der Waals surface area contributed by atoms with Gasteiger partial charge in [0.2, 0.25) is 0 Å². The summed E-state index contributed by atoms with van der Waals surface area (Å²) < 4.78 is 21.7. The van der Waals surface area contributed by atoms with Gasteiger partial charge in [-0.3, -0.25) is 9.59 Å². The Hall–Kier alpha value is -6.13. The molecule has 2 N–H and O–H groups in total. The number of esters is 2. The Kier molecular flexibility index (Phi) is 9.59. The highest BCUT2D eigenvalue weighted by Crippen LogP contribution is 2.39. The van der Waals surface area contributed by atoms with E-state index in [0.717, 1.165) is 21.7 Å². The smallest absolute Gasteiger partial charge is 0.343 e. The molecule has 1 aromatic heterocycles. The summed E-state index contributed by atoms with van der Waals surface area (Å²) in [6.07, 6.45) is 1.46. The summed E-state index contributed by atoms with van der Waals surface area (Å²) in [4.78, 5) is 41.3. The van der Waals surface area contributed by atoms with Crippen LogP contribution in [0.15, 0.2) is 102 Å². The fourth-order valence-corrected chi connectivity index (χ4v) is 5.65. The lowest BCUT2D eigenvalue weighted by Gasteiger charge is -2.13. The molecule has 11 heteroatoms. The quantitative estimate of drug-likeness (QED) is 0.0652. The highest BCUT2D eigenvalue weighted by molar-refractivity contribution is 6.34. The highest BCUT2D eigenvalue weighted by atomic mass is 35.5. The predicted octanol–water partition coefficient (Wildman–Crippen LogP) is 7.96. The first-order valence-electron chi connectivity index (χ1n) is 15.2. The van der Waals surface area contributed by atoms with Gasteiger partial charge in [-0.15, -0.1) is 0 Å². The molecule has 0 aliphatic heterocycles. The minimum atomic E-state index is -0.678. The van der Waals surface area contributed by atoms with E-state index >= 15 is 0 Å². The standard InChI is InChI=1S/C38H30ClN3O7/c1-4-47-33-19-23(13-17-31(33)49-38(45)25-15-18-30(48-22(2)43)32(20-25)46-3)21-40-42-37(44)36-34(27-11-7-8-12-29(27)39)28-16-14-24-9-5-6-10-26(24)35(28)41-36/h5-21,41H,4H2,1-3H3,(H,42,44). The molecule has 6 rings (SSSR count). The van der Waals surface area contributed by atoms with Gasteiger partial charge in [0.25, 0.3) is 5.91 Å². The van der Waals surface area contributed by atoms with Crippen LogP contribution < -0.4 is 24.4 Å². The number of methoxy groups -OCH3 is 1. The van der Waals surface area contributed by atoms with Crippen LogP contribution in [0.2, 0.25) is 5.02 Å². The van der Waals surface area contributed by atoms with Crippen LogP contribution in [0.5, 0.6) is 23.0 Å². The third kappa shape index (κ3) is 6.95. The minimum Gasteiger partial charge on any atom is -0.493 e. The monoisotopic (exact) mass is 675 g/mol. The van der Waals surface area contributed by atoms with E-state index in [1.807, 2.05) is 54.6 Å². The highest BCUT2D eigenvalue weighted by Gasteiger charge is 2.22. The molecule has 1 amide bonds. The number of ether oxygens (including phenoxy) is 4. The molecule has 246 valence electrons. The Morgan fingerprint density at radius 2 is 1.59 bits per heavy atom. The molecule has 0 aliphatic rings. The molecule has 0 aliphatic carbocycles. The summed E-state index contributed by atoms with van der Waals surface area (Å²) in [7, 11) is 1.40. The number of rotatable bonds is 10. The molecule has 0 bridgehead atoms. The van der Waals surface area contributed by atoms with E-state index in [9.17, 15) is 14.4 Å². The number of halogens is 1. The van der Waals surface area contributed by atoms with Crippen molar-refractivity contribution in [2.75, 3.05) is 13.7 Å². The number of carbonyl (C=O) groups excluding carboxylic acids is 3. The Morgan fingerprint density at radius 3 is 2.37 bits per heavy atom. The fourth-order valence-electron chi connectivity index (χ4n) is 5.42. The maximum Gasteiger partial charge on any atom is 0.343 e. The molecule has 0 atom stereocenters. The largest absolute Gasteiger partial charge is 0.493 e. The number of hydrogen-bond donors (Lipinski definition) is 2. The van der Waals surface area contributed by atoms with Crippen molar-refractivity contribution in [1.82, 2.24) is 10.4 Å². The van der Waals surface area contributed by atoms with Gasteiger partial charge in [0, 0.05) is 33.8 Å². The molecule has 1 heterocycles. The van der Waals surface area contributed by atoms with Crippen molar-refractivity contribution in [3.8, 4) is 34.1 Å². The number of H-pyrrole nitrogens is 1. The Balaban J connectivity index is 1.24. The van der Waals surface area contributed by atoms with E-state index in [-0.39, 0.29) is 28.6 Å². The van der Waals surface area contributed by atoms with Crippen molar-refractivity contribution in [2.24, 2.45) is 5.10 Å². The van der Waals surface area contributed by atoms with Crippen molar-refractivity contribution >= 4 is 57.3 Å². The van der Waals surface area contributed by atoms with Gasteiger partial charge in [-0.05, 0) is 60.3 Å². The number of fused-ring (bicyclic) bond motifs is 3. The van der Waals surface area contributed by atoms with E-state index < -0.39 is 17.8 Å². The normalized spacial score (nSPS) is 11.1. The number of aromatic nitrogens is 1. The van der Waals surface area contributed by atoms with E-state index in [0.29, 0.717) is 34.0 Å². The number of hydrazone groups is 1. The van der Waals surface area contributed by atoms with Gasteiger partial charge in [-0.25, -0.2) is 10.2 Å². The Morgan fingerprint density at radius 1 is 0.837 bits per heavy atom. The van der Waals surface area contributed by atoms with Gasteiger partial charge in [0.15, 0.2) is 23.0 Å². The predicted molar refractivity (Wildman–Crippen MR) is 188 cm³/mol. The number of aromatic amines is 1. The second kappa shape index (κ2) is 14.3. The van der Waals surface area contributed by atoms with Crippen molar-refractivity contribution < 1.29 is 33.3 Å². The minimum absolute atomic E-state index is 0.171. The van der Waals surface area contributed by atoms with E-state index in [1.54, 1.807) is 31.2 Å². The maximum atomic E-state index is 13.6. The molecule has 0 fully saturated rings. The van der Waals surface area contributed by atoms with Gasteiger partial charge in [-0.2, -0.15) is 5.10 Å². The van der Waals surface area contributed by atoms with Crippen LogP contribution in [0.1, 0.15) is 40.3 Å². The third-order valence-corrected chi connectivity index (χ3v) is 7.90. The van der Waals surface area contributed by atoms with Gasteiger partial charge in [0.05, 0.1) is 31.0 Å². The van der Waals surface area contributed by atoms with Crippen LogP contribution in [0.3, 0.4) is 0 Å². The number of carbonyl (C=O) groups is 3. The number of nitrogens with one attached hydrogen (secondary N) is 2. The zero-order valence-corrected chi connectivity index (χ0v) is 27.5. The molecule has 6 aromatic rings. The first-order valence-corrected chi connectivity index (χ1v) is 15.6. The van der Waals surface area contributed by atoms with E-state index in [1.165, 1.54) is 38.4 Å².